The third-order valence-corrected chi connectivity index (χ3v) is 6.32. The van der Waals surface area contributed by atoms with Gasteiger partial charge in [-0.15, -0.1) is 13.2 Å². The van der Waals surface area contributed by atoms with Crippen molar-refractivity contribution in [1.82, 2.24) is 0 Å². The van der Waals surface area contributed by atoms with Crippen molar-refractivity contribution in [1.29, 1.82) is 0 Å². The summed E-state index contributed by atoms with van der Waals surface area (Å²) in [5, 5.41) is 0.685. The molecule has 3 aromatic rings. The van der Waals surface area contributed by atoms with E-state index in [0.717, 1.165) is 0 Å². The molecule has 0 radical (unpaired) electrons. The number of benzene rings is 2. The molecule has 28 heavy (non-hydrogen) atoms. The van der Waals surface area contributed by atoms with Crippen LogP contribution in [-0.2, 0) is 15.6 Å². The number of thiophene rings is 1. The van der Waals surface area contributed by atoms with Gasteiger partial charge in [0.05, 0.1) is 0 Å². The average molecular weight is 442 g/mol. The predicted molar refractivity (Wildman–Crippen MR) is 93.7 cm³/mol. The smallest absolute Gasteiger partial charge is 0.601 e. The minimum Gasteiger partial charge on any atom is -0.741 e. The highest BCUT2D eigenvalue weighted by Gasteiger charge is 2.48. The molecule has 0 bridgehead atoms. The molecule has 1 unspecified atom stereocenters. The van der Waals surface area contributed by atoms with Crippen LogP contribution in [0, 0.1) is 6.92 Å². The molecular formula is C17H12F6O3S2. The normalized spacial score (nSPS) is 13.2. The Bertz CT molecular complexity index is 1070. The lowest BCUT2D eigenvalue weighted by atomic mass is 10.1. The summed E-state index contributed by atoms with van der Waals surface area (Å²) in [6.45, 7) is 1.74. The van der Waals surface area contributed by atoms with Crippen molar-refractivity contribution >= 4 is 30.7 Å². The minimum absolute atomic E-state index is 0.363. The van der Waals surface area contributed by atoms with E-state index >= 15 is 0 Å². The Balaban J connectivity index is 0.000000300. The van der Waals surface area contributed by atoms with Crippen LogP contribution in [-0.4, -0.2) is 18.5 Å². The number of aryl methyl sites for hydroxylation is 1. The second kappa shape index (κ2) is 7.72. The molecule has 0 aliphatic rings. The first-order valence-corrected chi connectivity index (χ1v) is 10.1. The fraction of sp³-hybridized carbons (Fsp3) is 0.176. The van der Waals surface area contributed by atoms with E-state index in [9.17, 15) is 26.3 Å². The van der Waals surface area contributed by atoms with Gasteiger partial charge in [0.25, 0.3) is 0 Å². The van der Waals surface area contributed by atoms with Gasteiger partial charge in [0.1, 0.15) is 10.5 Å². The average Bonchev–Trinajstić information content (AvgIpc) is 2.95. The summed E-state index contributed by atoms with van der Waals surface area (Å²) in [5.74, 6) is 0. The van der Waals surface area contributed by atoms with Crippen LogP contribution in [0.4, 0.5) is 26.3 Å². The maximum absolute atomic E-state index is 13.5. The largest absolute Gasteiger partial charge is 0.741 e. The van der Waals surface area contributed by atoms with Crippen LogP contribution >= 0.6 is 10.5 Å². The summed E-state index contributed by atoms with van der Waals surface area (Å²) in [4.78, 5) is 0.363. The molecule has 1 atom stereocenters. The predicted octanol–water partition coefficient (Wildman–Crippen LogP) is 6.09. The highest BCUT2D eigenvalue weighted by atomic mass is 32.2. The van der Waals surface area contributed by atoms with Crippen molar-refractivity contribution in [2.45, 2.75) is 17.9 Å². The van der Waals surface area contributed by atoms with Crippen molar-refractivity contribution < 1.29 is 39.3 Å². The van der Waals surface area contributed by atoms with Crippen molar-refractivity contribution in [3.63, 3.8) is 0 Å². The summed E-state index contributed by atoms with van der Waals surface area (Å²) >= 11 is 0. The number of alkyl halides is 6. The summed E-state index contributed by atoms with van der Waals surface area (Å²) in [6, 6.07) is 15.8. The van der Waals surface area contributed by atoms with E-state index in [2.05, 4.69) is 0 Å². The molecule has 3 nitrogen and oxygen atoms in total. The Labute approximate surface area is 159 Å². The topological polar surface area (TPSA) is 57.2 Å². The quantitative estimate of drug-likeness (QED) is 0.198. The molecule has 0 fully saturated rings. The third kappa shape index (κ3) is 4.83. The van der Waals surface area contributed by atoms with Crippen LogP contribution in [0.2, 0.25) is 0 Å². The van der Waals surface area contributed by atoms with Crippen molar-refractivity contribution in [2.75, 3.05) is 0 Å². The van der Waals surface area contributed by atoms with Gasteiger partial charge in [-0.3, -0.25) is 0 Å². The Morgan fingerprint density at radius 1 is 0.893 bits per heavy atom. The summed E-state index contributed by atoms with van der Waals surface area (Å²) in [7, 11) is -7.95. The van der Waals surface area contributed by atoms with Gasteiger partial charge >= 0.3 is 11.0 Å². The first-order chi connectivity index (χ1) is 12.7. The number of halogens is 6. The molecule has 0 spiro atoms. The first-order valence-electron chi connectivity index (χ1n) is 7.43. The fourth-order valence-corrected chi connectivity index (χ4v) is 4.49. The lowest BCUT2D eigenvalue weighted by Gasteiger charge is -2.08. The van der Waals surface area contributed by atoms with Crippen LogP contribution in [0.5, 0.6) is 0 Å². The second-order valence-electron chi connectivity index (χ2n) is 5.52. The molecule has 0 aliphatic carbocycles. The fourth-order valence-electron chi connectivity index (χ4n) is 2.42. The SMILES string of the molecule is Cc1cccc2cc(-c3ccccc3)[s+](C(F)(F)F)c12.O=S(=O)([O-])C(F)(F)F. The maximum Gasteiger partial charge on any atom is 0.601 e. The summed E-state index contributed by atoms with van der Waals surface area (Å²) < 4.78 is 99.9. The van der Waals surface area contributed by atoms with Crippen LogP contribution in [0.1, 0.15) is 5.56 Å². The number of hydrogen-bond donors (Lipinski definition) is 0. The molecule has 2 aromatic carbocycles. The van der Waals surface area contributed by atoms with Gasteiger partial charge in [-0.05, 0) is 25.1 Å². The molecule has 0 N–H and O–H groups in total. The Morgan fingerprint density at radius 3 is 1.89 bits per heavy atom. The van der Waals surface area contributed by atoms with Crippen molar-refractivity contribution in [3.8, 4) is 10.4 Å². The zero-order valence-corrected chi connectivity index (χ0v) is 15.6. The molecule has 1 aromatic heterocycles. The standard InChI is InChI=1S/C16H12F3S.CHF3O3S/c1-11-6-5-9-13-10-14(12-7-3-2-4-8-12)20(15(11)13)16(17,18)19;2-1(3,4)8(5,6)7/h2-10H,1H3;(H,5,6,7)/q+1;/p-1. The van der Waals surface area contributed by atoms with Crippen LogP contribution in [0.15, 0.2) is 54.6 Å². The Hall–Kier alpha value is -2.11. The van der Waals surface area contributed by atoms with Gasteiger partial charge in [0, 0.05) is 22.6 Å². The molecule has 152 valence electrons. The van der Waals surface area contributed by atoms with E-state index in [1.807, 2.05) is 6.07 Å². The number of hydrogen-bond acceptors (Lipinski definition) is 3. The minimum atomic E-state index is -6.09. The lowest BCUT2D eigenvalue weighted by Crippen LogP contribution is -2.21. The highest BCUT2D eigenvalue weighted by molar-refractivity contribution is 7.86. The van der Waals surface area contributed by atoms with E-state index < -0.39 is 31.6 Å². The van der Waals surface area contributed by atoms with E-state index in [1.165, 1.54) is 0 Å². The number of rotatable bonds is 1. The van der Waals surface area contributed by atoms with E-state index in [4.69, 9.17) is 13.0 Å². The van der Waals surface area contributed by atoms with Crippen molar-refractivity contribution in [2.24, 2.45) is 0 Å². The summed E-state index contributed by atoms with van der Waals surface area (Å²) in [6.07, 6.45) is 0. The molecule has 0 saturated heterocycles. The highest BCUT2D eigenvalue weighted by Crippen LogP contribution is 2.55. The summed E-state index contributed by atoms with van der Waals surface area (Å²) in [5.41, 5.74) is -8.56. The molecule has 0 amide bonds. The van der Waals surface area contributed by atoms with Crippen LogP contribution in [0.25, 0.3) is 20.5 Å². The molecule has 0 saturated carbocycles. The molecule has 1 heterocycles. The molecule has 0 aliphatic heterocycles. The van der Waals surface area contributed by atoms with Gasteiger partial charge in [-0.2, -0.15) is 13.2 Å². The van der Waals surface area contributed by atoms with Crippen LogP contribution in [0.3, 0.4) is 0 Å². The van der Waals surface area contributed by atoms with Gasteiger partial charge in [0.15, 0.2) is 19.7 Å². The van der Waals surface area contributed by atoms with E-state index in [1.54, 1.807) is 55.5 Å². The monoisotopic (exact) mass is 442 g/mol. The van der Waals surface area contributed by atoms with Crippen molar-refractivity contribution in [3.05, 3.63) is 60.2 Å². The second-order valence-corrected chi connectivity index (χ2v) is 8.81. The Morgan fingerprint density at radius 2 is 1.43 bits per heavy atom. The van der Waals surface area contributed by atoms with Gasteiger partial charge < -0.3 is 4.55 Å². The van der Waals surface area contributed by atoms with Gasteiger partial charge in [-0.1, -0.05) is 30.3 Å². The Kier molecular flexibility index (Phi) is 6.12. The zero-order valence-electron chi connectivity index (χ0n) is 14.0. The third-order valence-electron chi connectivity index (χ3n) is 3.53. The molecular weight excluding hydrogens is 430 g/mol. The van der Waals surface area contributed by atoms with Crippen LogP contribution < -0.4 is 0 Å². The maximum atomic E-state index is 13.5. The molecule has 11 heteroatoms. The first kappa shape index (κ1) is 22.2. The molecule has 3 rings (SSSR count). The van der Waals surface area contributed by atoms with E-state index in [0.29, 0.717) is 26.1 Å². The van der Waals surface area contributed by atoms with E-state index in [-0.39, 0.29) is 0 Å². The zero-order chi connectivity index (χ0) is 21.3. The lowest BCUT2D eigenvalue weighted by molar-refractivity contribution is -0.0864. The van der Waals surface area contributed by atoms with Gasteiger partial charge in [-0.25, -0.2) is 8.42 Å². The number of fused-ring (bicyclic) bond motifs is 1. The van der Waals surface area contributed by atoms with Gasteiger partial charge in [0.2, 0.25) is 0 Å².